The van der Waals surface area contributed by atoms with Crippen molar-refractivity contribution < 1.29 is 14.7 Å². The van der Waals surface area contributed by atoms with E-state index in [4.69, 9.17) is 23.2 Å². The van der Waals surface area contributed by atoms with E-state index in [0.717, 1.165) is 24.0 Å². The van der Waals surface area contributed by atoms with Crippen LogP contribution in [0.25, 0.3) is 0 Å². The normalized spacial score (nSPS) is 28.2. The van der Waals surface area contributed by atoms with Crippen LogP contribution in [0.2, 0.25) is 10.0 Å². The highest BCUT2D eigenvalue weighted by Gasteiger charge is 2.52. The Morgan fingerprint density at radius 2 is 1.87 bits per heavy atom. The summed E-state index contributed by atoms with van der Waals surface area (Å²) in [6.07, 6.45) is 6.12. The lowest BCUT2D eigenvalue weighted by Crippen LogP contribution is -2.55. The van der Waals surface area contributed by atoms with Gasteiger partial charge in [0.15, 0.2) is 0 Å². The maximum absolute atomic E-state index is 13.8. The molecule has 31 heavy (non-hydrogen) atoms. The van der Waals surface area contributed by atoms with Gasteiger partial charge in [0.05, 0.1) is 23.9 Å². The fourth-order valence-electron chi connectivity index (χ4n) is 5.09. The quantitative estimate of drug-likeness (QED) is 0.539. The molecular formula is C25H25Cl2NO3. The van der Waals surface area contributed by atoms with Crippen LogP contribution in [0.4, 0.5) is 0 Å². The molecular weight excluding hydrogens is 433 g/mol. The van der Waals surface area contributed by atoms with Crippen molar-refractivity contribution in [1.29, 1.82) is 0 Å². The monoisotopic (exact) mass is 457 g/mol. The van der Waals surface area contributed by atoms with E-state index in [2.05, 4.69) is 12.2 Å². The van der Waals surface area contributed by atoms with Crippen LogP contribution in [0.5, 0.6) is 0 Å². The van der Waals surface area contributed by atoms with Gasteiger partial charge in [0.25, 0.3) is 0 Å². The van der Waals surface area contributed by atoms with Crippen LogP contribution in [-0.4, -0.2) is 27.9 Å². The summed E-state index contributed by atoms with van der Waals surface area (Å²) in [5, 5.41) is 10.8. The summed E-state index contributed by atoms with van der Waals surface area (Å²) >= 11 is 12.5. The highest BCUT2D eigenvalue weighted by molar-refractivity contribution is 6.30. The van der Waals surface area contributed by atoms with E-state index in [1.807, 2.05) is 53.4 Å². The van der Waals surface area contributed by atoms with Crippen LogP contribution in [-0.2, 0) is 9.59 Å². The number of carbonyl (C=O) groups excluding carboxylic acids is 1. The lowest BCUT2D eigenvalue weighted by molar-refractivity contribution is -0.159. The summed E-state index contributed by atoms with van der Waals surface area (Å²) in [5.74, 6) is -1.17. The zero-order chi connectivity index (χ0) is 22.2. The van der Waals surface area contributed by atoms with Crippen LogP contribution < -0.4 is 0 Å². The third kappa shape index (κ3) is 4.37. The lowest BCUT2D eigenvalue weighted by atomic mass is 9.67. The number of nitrogens with zero attached hydrogens (tertiary/aromatic N) is 1. The number of carboxylic acid groups (broad SMARTS) is 1. The predicted molar refractivity (Wildman–Crippen MR) is 122 cm³/mol. The van der Waals surface area contributed by atoms with Gasteiger partial charge in [0.1, 0.15) is 0 Å². The highest BCUT2D eigenvalue weighted by Crippen LogP contribution is 2.52. The van der Waals surface area contributed by atoms with E-state index < -0.39 is 11.4 Å². The van der Waals surface area contributed by atoms with Crippen LogP contribution in [0.15, 0.2) is 60.7 Å². The first kappa shape index (κ1) is 21.9. The molecule has 4 nitrogen and oxygen atoms in total. The molecule has 1 aliphatic heterocycles. The largest absolute Gasteiger partial charge is 0.481 e. The first-order valence-electron chi connectivity index (χ1n) is 10.5. The van der Waals surface area contributed by atoms with Crippen LogP contribution in [0.1, 0.15) is 55.7 Å². The number of allylic oxidation sites excluding steroid dienone is 1. The molecule has 0 bridgehead atoms. The number of rotatable bonds is 5. The SMILES string of the molecule is C[C@]1(CC(=O)O)C[C@H](c2cccc(Cl)c2)[C@@H](c2ccc(Cl)cc2)N(C2C=CCC2)C1=O. The topological polar surface area (TPSA) is 57.6 Å². The van der Waals surface area contributed by atoms with Crippen LogP contribution in [0, 0.1) is 5.41 Å². The van der Waals surface area contributed by atoms with Gasteiger partial charge < -0.3 is 10.0 Å². The number of likely N-dealkylation sites (tertiary alicyclic amines) is 1. The van der Waals surface area contributed by atoms with Gasteiger partial charge in [-0.25, -0.2) is 0 Å². The number of aliphatic carboxylic acids is 1. The number of piperidine rings is 1. The molecule has 1 saturated heterocycles. The number of carbonyl (C=O) groups is 2. The molecule has 1 N–H and O–H groups in total. The molecule has 1 aliphatic carbocycles. The Morgan fingerprint density at radius 1 is 1.13 bits per heavy atom. The number of hydrogen-bond donors (Lipinski definition) is 1. The molecule has 4 rings (SSSR count). The van der Waals surface area contributed by atoms with E-state index in [1.165, 1.54) is 0 Å². The standard InChI is InChI=1S/C25H25Cl2NO3/c1-25(15-22(29)30)14-21(17-5-4-6-19(27)13-17)23(16-9-11-18(26)12-10-16)28(24(25)31)20-7-2-3-8-20/h2,4-7,9-13,20-21,23H,3,8,14-15H2,1H3,(H,29,30)/t20?,21-,23-,25-/m1/s1. The minimum Gasteiger partial charge on any atom is -0.481 e. The summed E-state index contributed by atoms with van der Waals surface area (Å²) in [7, 11) is 0. The minimum absolute atomic E-state index is 0.0664. The predicted octanol–water partition coefficient (Wildman–Crippen LogP) is 6.25. The van der Waals surface area contributed by atoms with Crippen molar-refractivity contribution in [3.05, 3.63) is 81.9 Å². The Bertz CT molecular complexity index is 1020. The van der Waals surface area contributed by atoms with E-state index >= 15 is 0 Å². The maximum atomic E-state index is 13.8. The first-order valence-corrected chi connectivity index (χ1v) is 11.3. The molecule has 2 aromatic rings. The van der Waals surface area contributed by atoms with E-state index in [9.17, 15) is 14.7 Å². The van der Waals surface area contributed by atoms with E-state index in [0.29, 0.717) is 16.5 Å². The molecule has 1 heterocycles. The number of hydrogen-bond acceptors (Lipinski definition) is 2. The molecule has 1 unspecified atom stereocenters. The molecule has 2 aliphatic rings. The van der Waals surface area contributed by atoms with Crippen LogP contribution >= 0.6 is 23.2 Å². The average Bonchev–Trinajstić information content (AvgIpc) is 3.24. The van der Waals surface area contributed by atoms with E-state index in [-0.39, 0.29) is 30.3 Å². The van der Waals surface area contributed by atoms with Crippen molar-refractivity contribution in [2.45, 2.75) is 50.6 Å². The first-order chi connectivity index (χ1) is 14.8. The molecule has 4 atom stereocenters. The molecule has 1 fully saturated rings. The van der Waals surface area contributed by atoms with Gasteiger partial charge in [0, 0.05) is 16.0 Å². The van der Waals surface area contributed by atoms with Crippen molar-refractivity contribution in [3.8, 4) is 0 Å². The lowest BCUT2D eigenvalue weighted by Gasteiger charge is -2.51. The van der Waals surface area contributed by atoms with Crippen molar-refractivity contribution >= 4 is 35.1 Å². The summed E-state index contributed by atoms with van der Waals surface area (Å²) in [6.45, 7) is 1.78. The smallest absolute Gasteiger partial charge is 0.304 e. The zero-order valence-electron chi connectivity index (χ0n) is 17.3. The number of benzene rings is 2. The molecule has 162 valence electrons. The van der Waals surface area contributed by atoms with Crippen LogP contribution in [0.3, 0.4) is 0 Å². The second kappa shape index (κ2) is 8.68. The molecule has 0 aromatic heterocycles. The van der Waals surface area contributed by atoms with Gasteiger partial charge in [-0.1, -0.05) is 66.5 Å². The van der Waals surface area contributed by atoms with Gasteiger partial charge in [-0.2, -0.15) is 0 Å². The maximum Gasteiger partial charge on any atom is 0.304 e. The molecule has 2 aromatic carbocycles. The number of amides is 1. The van der Waals surface area contributed by atoms with Crippen molar-refractivity contribution in [3.63, 3.8) is 0 Å². The summed E-state index contributed by atoms with van der Waals surface area (Å²) in [5.41, 5.74) is 0.988. The molecule has 1 amide bonds. The van der Waals surface area contributed by atoms with Crippen molar-refractivity contribution in [2.75, 3.05) is 0 Å². The Hall–Kier alpha value is -2.30. The molecule has 0 radical (unpaired) electrons. The highest BCUT2D eigenvalue weighted by atomic mass is 35.5. The summed E-state index contributed by atoms with van der Waals surface area (Å²) < 4.78 is 0. The van der Waals surface area contributed by atoms with Crippen molar-refractivity contribution in [1.82, 2.24) is 4.90 Å². The molecule has 0 saturated carbocycles. The summed E-state index contributed by atoms with van der Waals surface area (Å²) in [6, 6.07) is 15.0. The number of carboxylic acids is 1. The fourth-order valence-corrected chi connectivity index (χ4v) is 5.42. The minimum atomic E-state index is -1.00. The Kier molecular flexibility index (Phi) is 6.14. The fraction of sp³-hybridized carbons (Fsp3) is 0.360. The van der Waals surface area contributed by atoms with Gasteiger partial charge >= 0.3 is 5.97 Å². The van der Waals surface area contributed by atoms with Gasteiger partial charge in [-0.3, -0.25) is 9.59 Å². The van der Waals surface area contributed by atoms with Gasteiger partial charge in [-0.15, -0.1) is 0 Å². The average molecular weight is 458 g/mol. The number of halogens is 2. The Balaban J connectivity index is 1.88. The second-order valence-corrected chi connectivity index (χ2v) is 9.65. The third-order valence-corrected chi connectivity index (χ3v) is 6.96. The Labute approximate surface area is 192 Å². The zero-order valence-corrected chi connectivity index (χ0v) is 18.8. The van der Waals surface area contributed by atoms with Gasteiger partial charge in [0.2, 0.25) is 5.91 Å². The summed E-state index contributed by atoms with van der Waals surface area (Å²) in [4.78, 5) is 27.5. The van der Waals surface area contributed by atoms with Gasteiger partial charge in [-0.05, 0) is 54.7 Å². The third-order valence-electron chi connectivity index (χ3n) is 6.48. The molecule has 6 heteroatoms. The Morgan fingerprint density at radius 3 is 2.48 bits per heavy atom. The van der Waals surface area contributed by atoms with Crippen molar-refractivity contribution in [2.24, 2.45) is 5.41 Å². The second-order valence-electron chi connectivity index (χ2n) is 8.78. The van der Waals surface area contributed by atoms with E-state index in [1.54, 1.807) is 6.92 Å². The molecule has 0 spiro atoms.